The van der Waals surface area contributed by atoms with Gasteiger partial charge in [0.05, 0.1) is 17.3 Å². The molecule has 1 fully saturated rings. The average molecular weight is 299 g/mol. The minimum atomic E-state index is 0.252. The lowest BCUT2D eigenvalue weighted by Crippen LogP contribution is -2.25. The van der Waals surface area contributed by atoms with Crippen LogP contribution in [0, 0.1) is 5.92 Å². The minimum Gasteiger partial charge on any atom is -0.396 e. The van der Waals surface area contributed by atoms with Crippen LogP contribution in [0.15, 0.2) is 18.2 Å². The maximum Gasteiger partial charge on any atom is 0.0642 e. The Balaban J connectivity index is 2.06. The summed E-state index contributed by atoms with van der Waals surface area (Å²) in [6.45, 7) is 4.39. The highest BCUT2D eigenvalue weighted by molar-refractivity contribution is 6.33. The van der Waals surface area contributed by atoms with Crippen molar-refractivity contribution in [2.24, 2.45) is 5.92 Å². The van der Waals surface area contributed by atoms with Crippen molar-refractivity contribution in [3.63, 3.8) is 0 Å². The van der Waals surface area contributed by atoms with Crippen molar-refractivity contribution in [2.75, 3.05) is 44.9 Å². The molecule has 1 aromatic carbocycles. The molecule has 0 bridgehead atoms. The van der Waals surface area contributed by atoms with Crippen molar-refractivity contribution in [1.82, 2.24) is 5.32 Å². The number of aliphatic hydroxyl groups is 1. The van der Waals surface area contributed by atoms with Crippen LogP contribution >= 0.6 is 11.6 Å². The zero-order valence-corrected chi connectivity index (χ0v) is 12.7. The maximum atomic E-state index is 9.28. The lowest BCUT2D eigenvalue weighted by molar-refractivity contribution is 0.199. The highest BCUT2D eigenvalue weighted by Crippen LogP contribution is 2.33. The summed E-state index contributed by atoms with van der Waals surface area (Å²) in [6.07, 6.45) is 1.03. The highest BCUT2D eigenvalue weighted by atomic mass is 35.5. The first kappa shape index (κ1) is 15.6. The minimum absolute atomic E-state index is 0.252. The summed E-state index contributed by atoms with van der Waals surface area (Å²) >= 11 is 6.38. The van der Waals surface area contributed by atoms with E-state index in [9.17, 15) is 5.11 Å². The molecule has 0 saturated carbocycles. The molecule has 1 unspecified atom stereocenters. The van der Waals surface area contributed by atoms with Crippen molar-refractivity contribution in [3.05, 3.63) is 28.8 Å². The van der Waals surface area contributed by atoms with E-state index in [1.807, 2.05) is 12.1 Å². The number of methoxy groups -OCH3 is 1. The number of hydrogen-bond acceptors (Lipinski definition) is 4. The summed E-state index contributed by atoms with van der Waals surface area (Å²) in [6, 6.07) is 6.02. The van der Waals surface area contributed by atoms with Gasteiger partial charge in [-0.1, -0.05) is 23.7 Å². The molecule has 1 heterocycles. The molecule has 1 aromatic rings. The molecule has 1 aliphatic heterocycles. The fourth-order valence-corrected chi connectivity index (χ4v) is 2.95. The van der Waals surface area contributed by atoms with E-state index >= 15 is 0 Å². The van der Waals surface area contributed by atoms with E-state index in [1.165, 1.54) is 5.56 Å². The van der Waals surface area contributed by atoms with Crippen LogP contribution in [0.2, 0.25) is 5.02 Å². The zero-order valence-electron chi connectivity index (χ0n) is 11.9. The molecule has 4 nitrogen and oxygen atoms in total. The number of rotatable bonds is 7. The maximum absolute atomic E-state index is 9.28. The number of hydrogen-bond donors (Lipinski definition) is 2. The first-order chi connectivity index (χ1) is 9.76. The van der Waals surface area contributed by atoms with Gasteiger partial charge in [-0.3, -0.25) is 0 Å². The number of para-hydroxylation sites is 1. The van der Waals surface area contributed by atoms with Crippen LogP contribution in [-0.2, 0) is 11.3 Å². The van der Waals surface area contributed by atoms with Crippen molar-refractivity contribution < 1.29 is 9.84 Å². The molecule has 1 atom stereocenters. The average Bonchev–Trinajstić information content (AvgIpc) is 2.92. The Labute approximate surface area is 125 Å². The Morgan fingerprint density at radius 2 is 2.35 bits per heavy atom. The van der Waals surface area contributed by atoms with Crippen molar-refractivity contribution in [3.8, 4) is 0 Å². The largest absolute Gasteiger partial charge is 0.396 e. The standard InChI is InChI=1S/C15H23ClN2O2/c1-20-8-6-17-9-13-3-2-4-14(16)15(13)18-7-5-12(10-18)11-19/h2-4,12,17,19H,5-11H2,1H3. The number of nitrogens with zero attached hydrogens (tertiary/aromatic N) is 1. The number of benzene rings is 1. The molecular weight excluding hydrogens is 276 g/mol. The van der Waals surface area contributed by atoms with E-state index in [1.54, 1.807) is 7.11 Å². The second-order valence-corrected chi connectivity index (χ2v) is 5.61. The fourth-order valence-electron chi connectivity index (χ4n) is 2.64. The Morgan fingerprint density at radius 1 is 1.50 bits per heavy atom. The Bertz CT molecular complexity index is 428. The van der Waals surface area contributed by atoms with Crippen LogP contribution in [0.5, 0.6) is 0 Å². The monoisotopic (exact) mass is 298 g/mol. The summed E-state index contributed by atoms with van der Waals surface area (Å²) in [7, 11) is 1.70. The predicted molar refractivity (Wildman–Crippen MR) is 82.4 cm³/mol. The number of nitrogens with one attached hydrogen (secondary N) is 1. The van der Waals surface area contributed by atoms with Crippen molar-refractivity contribution in [2.45, 2.75) is 13.0 Å². The quantitative estimate of drug-likeness (QED) is 0.755. The van der Waals surface area contributed by atoms with Gasteiger partial charge in [0.1, 0.15) is 0 Å². The molecule has 0 aliphatic carbocycles. The van der Waals surface area contributed by atoms with Gasteiger partial charge in [-0.2, -0.15) is 0 Å². The van der Waals surface area contributed by atoms with Crippen LogP contribution < -0.4 is 10.2 Å². The third-order valence-electron chi connectivity index (χ3n) is 3.73. The van der Waals surface area contributed by atoms with Gasteiger partial charge >= 0.3 is 0 Å². The summed E-state index contributed by atoms with van der Waals surface area (Å²) < 4.78 is 5.04. The number of ether oxygens (including phenoxy) is 1. The van der Waals surface area contributed by atoms with Gasteiger partial charge in [-0.25, -0.2) is 0 Å². The van der Waals surface area contributed by atoms with Crippen LogP contribution in [0.3, 0.4) is 0 Å². The number of anilines is 1. The predicted octanol–water partition coefficient (Wildman–Crippen LogP) is 1.89. The highest BCUT2D eigenvalue weighted by Gasteiger charge is 2.25. The third kappa shape index (κ3) is 3.85. The van der Waals surface area contributed by atoms with Crippen LogP contribution in [0.25, 0.3) is 0 Å². The van der Waals surface area contributed by atoms with Crippen LogP contribution in [0.1, 0.15) is 12.0 Å². The van der Waals surface area contributed by atoms with Gasteiger partial charge in [0.15, 0.2) is 0 Å². The summed E-state index contributed by atoms with van der Waals surface area (Å²) in [4.78, 5) is 2.29. The van der Waals surface area contributed by atoms with Gasteiger partial charge in [-0.15, -0.1) is 0 Å². The smallest absolute Gasteiger partial charge is 0.0642 e. The van der Waals surface area contributed by atoms with Gasteiger partial charge in [0, 0.05) is 45.8 Å². The Hall–Kier alpha value is -0.810. The molecule has 1 aliphatic rings. The third-order valence-corrected chi connectivity index (χ3v) is 4.03. The Morgan fingerprint density at radius 3 is 3.05 bits per heavy atom. The second-order valence-electron chi connectivity index (χ2n) is 5.20. The van der Waals surface area contributed by atoms with Gasteiger partial charge in [0.25, 0.3) is 0 Å². The fraction of sp³-hybridized carbons (Fsp3) is 0.600. The summed E-state index contributed by atoms with van der Waals surface area (Å²) in [5.41, 5.74) is 2.31. The van der Waals surface area contributed by atoms with Crippen LogP contribution in [0.4, 0.5) is 5.69 Å². The van der Waals surface area contributed by atoms with E-state index in [-0.39, 0.29) is 6.61 Å². The molecule has 20 heavy (non-hydrogen) atoms. The molecule has 2 N–H and O–H groups in total. The summed E-state index contributed by atoms with van der Waals surface area (Å²) in [5.74, 6) is 0.362. The number of halogens is 1. The van der Waals surface area contributed by atoms with E-state index in [0.717, 1.165) is 43.3 Å². The molecule has 0 radical (unpaired) electrons. The first-order valence-electron chi connectivity index (χ1n) is 7.09. The van der Waals surface area contributed by atoms with Crippen molar-refractivity contribution in [1.29, 1.82) is 0 Å². The van der Waals surface area contributed by atoms with E-state index in [2.05, 4.69) is 16.3 Å². The summed E-state index contributed by atoms with van der Waals surface area (Å²) in [5, 5.41) is 13.4. The molecule has 0 amide bonds. The normalized spacial score (nSPS) is 18.8. The molecular formula is C15H23ClN2O2. The van der Waals surface area contributed by atoms with E-state index in [4.69, 9.17) is 16.3 Å². The number of aliphatic hydroxyl groups excluding tert-OH is 1. The topological polar surface area (TPSA) is 44.7 Å². The molecule has 112 valence electrons. The van der Waals surface area contributed by atoms with Gasteiger partial charge < -0.3 is 20.1 Å². The lowest BCUT2D eigenvalue weighted by Gasteiger charge is -2.23. The molecule has 1 saturated heterocycles. The molecule has 2 rings (SSSR count). The van der Waals surface area contributed by atoms with E-state index in [0.29, 0.717) is 12.5 Å². The second kappa shape index (κ2) is 7.84. The Kier molecular flexibility index (Phi) is 6.10. The van der Waals surface area contributed by atoms with Gasteiger partial charge in [-0.05, 0) is 18.1 Å². The molecule has 5 heteroatoms. The first-order valence-corrected chi connectivity index (χ1v) is 7.47. The van der Waals surface area contributed by atoms with Crippen molar-refractivity contribution >= 4 is 17.3 Å². The van der Waals surface area contributed by atoms with Crippen LogP contribution in [-0.4, -0.2) is 45.1 Å². The SMILES string of the molecule is COCCNCc1cccc(Cl)c1N1CCC(CO)C1. The zero-order chi connectivity index (χ0) is 14.4. The van der Waals surface area contributed by atoms with E-state index < -0.39 is 0 Å². The lowest BCUT2D eigenvalue weighted by atomic mass is 10.1. The van der Waals surface area contributed by atoms with Gasteiger partial charge in [0.2, 0.25) is 0 Å². The molecule has 0 aromatic heterocycles. The molecule has 0 spiro atoms.